The Morgan fingerprint density at radius 1 is 1.41 bits per heavy atom. The molecule has 1 saturated heterocycles. The largest absolute Gasteiger partial charge is 0.481 e. The lowest BCUT2D eigenvalue weighted by Gasteiger charge is -2.36. The number of H-pyrrole nitrogens is 1. The topological polar surface area (TPSA) is 104 Å². The smallest absolute Gasteiger partial charge is 0.305 e. The van der Waals surface area contributed by atoms with Crippen molar-refractivity contribution in [1.82, 2.24) is 15.5 Å². The number of rotatable bonds is 4. The van der Waals surface area contributed by atoms with E-state index < -0.39 is 11.5 Å². The van der Waals surface area contributed by atoms with E-state index in [2.05, 4.69) is 15.5 Å². The first-order valence-corrected chi connectivity index (χ1v) is 7.40. The van der Waals surface area contributed by atoms with Crippen LogP contribution in [0.5, 0.6) is 0 Å². The molecule has 1 aromatic heterocycles. The van der Waals surface area contributed by atoms with Crippen LogP contribution in [0, 0.1) is 0 Å². The molecule has 1 fully saturated rings. The number of aromatic nitrogens is 2. The molecule has 0 aliphatic carbocycles. The van der Waals surface area contributed by atoms with Gasteiger partial charge in [0.1, 0.15) is 5.69 Å². The first-order chi connectivity index (χ1) is 10.2. The predicted octanol–water partition coefficient (Wildman–Crippen LogP) is 1.46. The zero-order valence-electron chi connectivity index (χ0n) is 13.2. The van der Waals surface area contributed by atoms with Gasteiger partial charge in [-0.25, -0.2) is 0 Å². The Labute approximate surface area is 129 Å². The van der Waals surface area contributed by atoms with E-state index in [-0.39, 0.29) is 23.4 Å². The number of nitrogens with zero attached hydrogens (tertiary/aromatic N) is 1. The molecule has 7 nitrogen and oxygen atoms in total. The molecule has 0 unspecified atom stereocenters. The van der Waals surface area contributed by atoms with Crippen molar-refractivity contribution >= 4 is 11.9 Å². The molecule has 1 aliphatic rings. The van der Waals surface area contributed by atoms with Crippen LogP contribution in [0.1, 0.15) is 56.2 Å². The molecule has 1 amide bonds. The van der Waals surface area contributed by atoms with Crippen molar-refractivity contribution in [3.8, 4) is 0 Å². The molecule has 122 valence electrons. The fourth-order valence-electron chi connectivity index (χ4n) is 2.52. The van der Waals surface area contributed by atoms with E-state index in [1.165, 1.54) is 0 Å². The summed E-state index contributed by atoms with van der Waals surface area (Å²) in [5, 5.41) is 18.9. The minimum Gasteiger partial charge on any atom is -0.481 e. The molecule has 1 aromatic rings. The number of carboxylic acids is 1. The van der Waals surface area contributed by atoms with Gasteiger partial charge in [-0.1, -0.05) is 20.8 Å². The molecule has 22 heavy (non-hydrogen) atoms. The highest BCUT2D eigenvalue weighted by Crippen LogP contribution is 2.26. The van der Waals surface area contributed by atoms with E-state index >= 15 is 0 Å². The fraction of sp³-hybridized carbons (Fsp3) is 0.667. The molecule has 3 N–H and O–H groups in total. The van der Waals surface area contributed by atoms with E-state index in [1.807, 2.05) is 20.8 Å². The second kappa shape index (κ2) is 6.08. The van der Waals surface area contributed by atoms with E-state index in [0.29, 0.717) is 26.1 Å². The van der Waals surface area contributed by atoms with Gasteiger partial charge in [0.15, 0.2) is 0 Å². The van der Waals surface area contributed by atoms with Crippen molar-refractivity contribution in [3.05, 3.63) is 17.5 Å². The summed E-state index contributed by atoms with van der Waals surface area (Å²) in [6.07, 6.45) is 0.863. The van der Waals surface area contributed by atoms with Gasteiger partial charge >= 0.3 is 5.97 Å². The van der Waals surface area contributed by atoms with Crippen LogP contribution < -0.4 is 5.32 Å². The van der Waals surface area contributed by atoms with Gasteiger partial charge < -0.3 is 15.2 Å². The van der Waals surface area contributed by atoms with Gasteiger partial charge in [-0.2, -0.15) is 5.10 Å². The molecule has 0 spiro atoms. The van der Waals surface area contributed by atoms with Gasteiger partial charge in [0, 0.05) is 24.3 Å². The van der Waals surface area contributed by atoms with Gasteiger partial charge in [0.25, 0.3) is 5.91 Å². The molecule has 2 heterocycles. The first kappa shape index (κ1) is 16.5. The Bertz CT molecular complexity index is 553. The van der Waals surface area contributed by atoms with Crippen molar-refractivity contribution in [3.63, 3.8) is 0 Å². The zero-order chi connectivity index (χ0) is 16.4. The molecular formula is C15H23N3O4. The number of ether oxygens (including phenoxy) is 1. The summed E-state index contributed by atoms with van der Waals surface area (Å²) < 4.78 is 5.28. The molecular weight excluding hydrogens is 286 g/mol. The quantitative estimate of drug-likeness (QED) is 0.781. The van der Waals surface area contributed by atoms with Crippen molar-refractivity contribution in [2.75, 3.05) is 13.2 Å². The Morgan fingerprint density at radius 3 is 2.55 bits per heavy atom. The van der Waals surface area contributed by atoms with Crippen LogP contribution in [-0.4, -0.2) is 45.9 Å². The predicted molar refractivity (Wildman–Crippen MR) is 79.8 cm³/mol. The minimum atomic E-state index is -0.931. The fourth-order valence-corrected chi connectivity index (χ4v) is 2.52. The molecule has 1 aliphatic heterocycles. The highest BCUT2D eigenvalue weighted by atomic mass is 16.5. The maximum atomic E-state index is 12.4. The Morgan fingerprint density at radius 2 is 2.05 bits per heavy atom. The molecule has 0 saturated carbocycles. The number of hydrogen-bond acceptors (Lipinski definition) is 4. The van der Waals surface area contributed by atoms with Crippen LogP contribution in [-0.2, 0) is 14.9 Å². The highest BCUT2D eigenvalue weighted by molar-refractivity contribution is 5.93. The molecule has 0 bridgehead atoms. The Hall–Kier alpha value is -1.89. The third kappa shape index (κ3) is 3.85. The van der Waals surface area contributed by atoms with E-state index in [1.54, 1.807) is 6.07 Å². The van der Waals surface area contributed by atoms with Crippen molar-refractivity contribution < 1.29 is 19.4 Å². The van der Waals surface area contributed by atoms with E-state index in [0.717, 1.165) is 5.69 Å². The number of nitrogens with one attached hydrogen (secondary N) is 2. The average molecular weight is 309 g/mol. The third-order valence-corrected chi connectivity index (χ3v) is 3.94. The normalized spacial score (nSPS) is 18.0. The molecule has 0 aromatic carbocycles. The van der Waals surface area contributed by atoms with Crippen molar-refractivity contribution in [2.45, 2.75) is 51.0 Å². The van der Waals surface area contributed by atoms with Crippen LogP contribution in [0.3, 0.4) is 0 Å². The lowest BCUT2D eigenvalue weighted by Crippen LogP contribution is -2.53. The summed E-state index contributed by atoms with van der Waals surface area (Å²) in [5.74, 6) is -1.28. The maximum absolute atomic E-state index is 12.4. The van der Waals surface area contributed by atoms with Crippen LogP contribution in [0.2, 0.25) is 0 Å². The van der Waals surface area contributed by atoms with Gasteiger partial charge in [-0.15, -0.1) is 0 Å². The summed E-state index contributed by atoms with van der Waals surface area (Å²) >= 11 is 0. The number of aromatic amines is 1. The van der Waals surface area contributed by atoms with E-state index in [9.17, 15) is 9.59 Å². The SMILES string of the molecule is CC(C)(C)c1cc(C(=O)NC2(CC(=O)O)CCOCC2)n[nH]1. The van der Waals surface area contributed by atoms with Gasteiger partial charge in [-0.3, -0.25) is 14.7 Å². The summed E-state index contributed by atoms with van der Waals surface area (Å²) in [6.45, 7) is 6.95. The second-order valence-corrected chi connectivity index (χ2v) is 6.83. The lowest BCUT2D eigenvalue weighted by atomic mass is 9.86. The monoisotopic (exact) mass is 309 g/mol. The van der Waals surface area contributed by atoms with Crippen molar-refractivity contribution in [2.24, 2.45) is 0 Å². The molecule has 2 rings (SSSR count). The van der Waals surface area contributed by atoms with E-state index in [4.69, 9.17) is 9.84 Å². The zero-order valence-corrected chi connectivity index (χ0v) is 13.2. The number of carbonyl (C=O) groups is 2. The van der Waals surface area contributed by atoms with Crippen LogP contribution in [0.4, 0.5) is 0 Å². The maximum Gasteiger partial charge on any atom is 0.305 e. The minimum absolute atomic E-state index is 0.112. The average Bonchev–Trinajstić information content (AvgIpc) is 2.88. The Kier molecular flexibility index (Phi) is 4.55. The first-order valence-electron chi connectivity index (χ1n) is 7.40. The van der Waals surface area contributed by atoms with Gasteiger partial charge in [0.2, 0.25) is 0 Å². The third-order valence-electron chi connectivity index (χ3n) is 3.94. The number of hydrogen-bond donors (Lipinski definition) is 3. The summed E-state index contributed by atoms with van der Waals surface area (Å²) in [6, 6.07) is 1.71. The summed E-state index contributed by atoms with van der Waals surface area (Å²) in [4.78, 5) is 23.5. The molecule has 0 atom stereocenters. The van der Waals surface area contributed by atoms with Gasteiger partial charge in [-0.05, 0) is 18.9 Å². The Balaban J connectivity index is 2.14. The van der Waals surface area contributed by atoms with Crippen LogP contribution >= 0.6 is 0 Å². The van der Waals surface area contributed by atoms with Gasteiger partial charge in [0.05, 0.1) is 12.0 Å². The van der Waals surface area contributed by atoms with Crippen molar-refractivity contribution in [1.29, 1.82) is 0 Å². The number of carbonyl (C=O) groups excluding carboxylic acids is 1. The molecule has 0 radical (unpaired) electrons. The summed E-state index contributed by atoms with van der Waals surface area (Å²) in [7, 11) is 0. The molecule has 7 heteroatoms. The standard InChI is InChI=1S/C15H23N3O4/c1-14(2,3)11-8-10(17-18-11)13(21)16-15(9-12(19)20)4-6-22-7-5-15/h8H,4-7,9H2,1-3H3,(H,16,21)(H,17,18)(H,19,20). The van der Waals surface area contributed by atoms with Crippen LogP contribution in [0.15, 0.2) is 6.07 Å². The number of carboxylic acid groups (broad SMARTS) is 1. The van der Waals surface area contributed by atoms with Crippen LogP contribution in [0.25, 0.3) is 0 Å². The lowest BCUT2D eigenvalue weighted by molar-refractivity contribution is -0.139. The summed E-state index contributed by atoms with van der Waals surface area (Å²) in [5.41, 5.74) is 0.239. The number of amides is 1. The highest BCUT2D eigenvalue weighted by Gasteiger charge is 2.37. The second-order valence-electron chi connectivity index (χ2n) is 6.83. The number of aliphatic carboxylic acids is 1.